The summed E-state index contributed by atoms with van der Waals surface area (Å²) < 4.78 is 11.8. The van der Waals surface area contributed by atoms with Crippen LogP contribution in [-0.2, 0) is 14.3 Å². The molecule has 11 unspecified atom stereocenters. The summed E-state index contributed by atoms with van der Waals surface area (Å²) in [5.74, 6) is 0.393. The van der Waals surface area contributed by atoms with Crippen LogP contribution in [0.5, 0.6) is 0 Å². The van der Waals surface area contributed by atoms with Gasteiger partial charge < -0.3 is 29.9 Å². The van der Waals surface area contributed by atoms with E-state index in [1.165, 1.54) is 12.5 Å². The third-order valence-electron chi connectivity index (χ3n) is 13.9. The number of fused-ring (bicyclic) bond motifs is 7. The molecule has 5 aliphatic rings. The number of rotatable bonds is 8. The van der Waals surface area contributed by atoms with Crippen LogP contribution in [0.2, 0.25) is 0 Å². The van der Waals surface area contributed by atoms with E-state index in [1.54, 1.807) is 0 Å². The first-order valence-corrected chi connectivity index (χ1v) is 17.2. The summed E-state index contributed by atoms with van der Waals surface area (Å²) in [4.78, 5) is 12.9. The predicted molar refractivity (Wildman–Crippen MR) is 170 cm³/mol. The van der Waals surface area contributed by atoms with Gasteiger partial charge in [0.25, 0.3) is 0 Å². The number of thiol groups is 1. The SMILES string of the molecule is CC(O)C(O)C(CO)OCOC1CCC2(C)C(=CCC3(S)C2CCC2C4CC(C)(C)CCC4(C(=O)O)CCC23C)C1(C)C. The van der Waals surface area contributed by atoms with E-state index < -0.39 is 36.3 Å². The highest BCUT2D eigenvalue weighted by atomic mass is 32.1. The smallest absolute Gasteiger partial charge is 0.309 e. The molecule has 246 valence electrons. The van der Waals surface area contributed by atoms with E-state index >= 15 is 0 Å². The van der Waals surface area contributed by atoms with Crippen molar-refractivity contribution in [1.29, 1.82) is 0 Å². The molecule has 0 aromatic heterocycles. The number of aliphatic carboxylic acids is 1. The molecule has 4 N–H and O–H groups in total. The zero-order valence-electron chi connectivity index (χ0n) is 27.6. The number of aliphatic hydroxyl groups is 3. The Bertz CT molecular complexity index is 1100. The van der Waals surface area contributed by atoms with Crippen LogP contribution < -0.4 is 0 Å². The maximum atomic E-state index is 12.9. The van der Waals surface area contributed by atoms with Crippen molar-refractivity contribution in [1.82, 2.24) is 0 Å². The maximum Gasteiger partial charge on any atom is 0.309 e. The number of carbonyl (C=O) groups is 1. The molecule has 0 amide bonds. The molecule has 0 spiro atoms. The van der Waals surface area contributed by atoms with Crippen molar-refractivity contribution in [2.75, 3.05) is 13.4 Å². The lowest BCUT2D eigenvalue weighted by Gasteiger charge is -2.71. The fraction of sp³-hybridized carbons (Fsp3) is 0.914. The number of hydrogen-bond acceptors (Lipinski definition) is 7. The molecule has 4 fully saturated rings. The van der Waals surface area contributed by atoms with Gasteiger partial charge in [0.1, 0.15) is 19.0 Å². The first-order valence-electron chi connectivity index (χ1n) is 16.8. The Morgan fingerprint density at radius 3 is 2.30 bits per heavy atom. The van der Waals surface area contributed by atoms with Gasteiger partial charge >= 0.3 is 5.97 Å². The minimum absolute atomic E-state index is 0.0263. The summed E-state index contributed by atoms with van der Waals surface area (Å²) in [6.45, 7) is 15.1. The highest BCUT2D eigenvalue weighted by Gasteiger charge is 2.70. The molecule has 0 aromatic carbocycles. The van der Waals surface area contributed by atoms with Gasteiger partial charge in [0.15, 0.2) is 0 Å². The molecule has 0 bridgehead atoms. The molecular weight excluding hydrogens is 564 g/mol. The highest BCUT2D eigenvalue weighted by molar-refractivity contribution is 7.81. The fourth-order valence-corrected chi connectivity index (χ4v) is 12.0. The number of ether oxygens (including phenoxy) is 2. The van der Waals surface area contributed by atoms with Crippen molar-refractivity contribution < 1.29 is 34.7 Å². The van der Waals surface area contributed by atoms with Crippen LogP contribution in [0, 0.1) is 44.8 Å². The van der Waals surface area contributed by atoms with Crippen molar-refractivity contribution >= 4 is 18.6 Å². The molecular formula is C35H58O7S. The fourth-order valence-electron chi connectivity index (χ4n) is 11.2. The number of hydrogen-bond donors (Lipinski definition) is 5. The second-order valence-electron chi connectivity index (χ2n) is 16.9. The number of allylic oxidation sites excluding steroid dienone is 1. The molecule has 5 rings (SSSR count). The van der Waals surface area contributed by atoms with Crippen LogP contribution >= 0.6 is 12.6 Å². The van der Waals surface area contributed by atoms with Crippen LogP contribution in [0.25, 0.3) is 0 Å². The Kier molecular flexibility index (Phi) is 8.83. The van der Waals surface area contributed by atoms with Gasteiger partial charge in [0, 0.05) is 10.2 Å². The average Bonchev–Trinajstić information content (AvgIpc) is 2.91. The van der Waals surface area contributed by atoms with E-state index in [0.717, 1.165) is 64.2 Å². The lowest BCUT2D eigenvalue weighted by molar-refractivity contribution is -0.196. The van der Waals surface area contributed by atoms with Gasteiger partial charge in [0.05, 0.1) is 24.2 Å². The van der Waals surface area contributed by atoms with Gasteiger partial charge in [0.2, 0.25) is 0 Å². The minimum Gasteiger partial charge on any atom is -0.481 e. The van der Waals surface area contributed by atoms with E-state index in [-0.39, 0.29) is 45.2 Å². The third kappa shape index (κ3) is 5.08. The standard InChI is InChI=1S/C35H58O7S/c1-21(37)28(38)24(19-36)41-20-42-27-11-12-32(6)25(31(27,4)5)10-13-35(43)26(32)9-8-22-23-18-30(2,3)14-16-34(23,29(39)40)17-15-33(22,35)7/h10,21-24,26-28,36-38,43H,8-9,11-20H2,1-7H3,(H,39,40). The maximum absolute atomic E-state index is 12.9. The first kappa shape index (κ1) is 33.7. The van der Waals surface area contributed by atoms with Crippen LogP contribution in [0.1, 0.15) is 113 Å². The second kappa shape index (κ2) is 11.3. The van der Waals surface area contributed by atoms with Gasteiger partial charge in [-0.05, 0) is 105 Å². The summed E-state index contributed by atoms with van der Waals surface area (Å²) in [5, 5.41) is 40.1. The van der Waals surface area contributed by atoms with Crippen LogP contribution in [0.3, 0.4) is 0 Å². The molecule has 0 saturated heterocycles. The molecule has 43 heavy (non-hydrogen) atoms. The van der Waals surface area contributed by atoms with E-state index in [4.69, 9.17) is 22.1 Å². The Labute approximate surface area is 264 Å². The van der Waals surface area contributed by atoms with Crippen molar-refractivity contribution in [2.45, 2.75) is 142 Å². The molecule has 0 radical (unpaired) electrons. The number of carboxylic acid groups (broad SMARTS) is 1. The summed E-state index contributed by atoms with van der Waals surface area (Å²) in [5.41, 5.74) is 0.726. The molecule has 4 saturated carbocycles. The summed E-state index contributed by atoms with van der Waals surface area (Å²) in [7, 11) is 0. The molecule has 7 nitrogen and oxygen atoms in total. The van der Waals surface area contributed by atoms with Gasteiger partial charge in [-0.2, -0.15) is 12.6 Å². The molecule has 5 aliphatic carbocycles. The minimum atomic E-state index is -1.18. The lowest BCUT2D eigenvalue weighted by Crippen LogP contribution is -2.68. The van der Waals surface area contributed by atoms with E-state index in [2.05, 4.69) is 47.6 Å². The largest absolute Gasteiger partial charge is 0.481 e. The zero-order chi connectivity index (χ0) is 31.8. The van der Waals surface area contributed by atoms with E-state index in [1.807, 2.05) is 0 Å². The monoisotopic (exact) mass is 622 g/mol. The average molecular weight is 623 g/mol. The van der Waals surface area contributed by atoms with Crippen molar-refractivity contribution in [2.24, 2.45) is 44.8 Å². The van der Waals surface area contributed by atoms with Crippen LogP contribution in [0.15, 0.2) is 11.6 Å². The Morgan fingerprint density at radius 1 is 1.00 bits per heavy atom. The zero-order valence-corrected chi connectivity index (χ0v) is 28.5. The molecule has 0 aliphatic heterocycles. The molecule has 11 atom stereocenters. The quantitative estimate of drug-likeness (QED) is 0.128. The number of aliphatic hydroxyl groups excluding tert-OH is 3. The number of carboxylic acids is 1. The Balaban J connectivity index is 1.39. The van der Waals surface area contributed by atoms with Crippen molar-refractivity contribution in [3.05, 3.63) is 11.6 Å². The lowest BCUT2D eigenvalue weighted by atomic mass is 9.36. The molecule has 0 aromatic rings. The molecule has 8 heteroatoms. The topological polar surface area (TPSA) is 116 Å². The summed E-state index contributed by atoms with van der Waals surface area (Å²) in [6, 6.07) is 0. The van der Waals surface area contributed by atoms with Crippen molar-refractivity contribution in [3.8, 4) is 0 Å². The van der Waals surface area contributed by atoms with Gasteiger partial charge in [-0.15, -0.1) is 0 Å². The predicted octanol–water partition coefficient (Wildman–Crippen LogP) is 6.00. The van der Waals surface area contributed by atoms with Gasteiger partial charge in [-0.1, -0.05) is 53.2 Å². The first-order chi connectivity index (χ1) is 19.9. The van der Waals surface area contributed by atoms with Crippen LogP contribution in [0.4, 0.5) is 0 Å². The third-order valence-corrected chi connectivity index (χ3v) is 14.9. The van der Waals surface area contributed by atoms with Gasteiger partial charge in [-0.25, -0.2) is 0 Å². The normalized spacial score (nSPS) is 45.3. The second-order valence-corrected chi connectivity index (χ2v) is 17.7. The van der Waals surface area contributed by atoms with E-state index in [0.29, 0.717) is 11.8 Å². The summed E-state index contributed by atoms with van der Waals surface area (Å²) >= 11 is 5.73. The van der Waals surface area contributed by atoms with Crippen LogP contribution in [-0.4, -0.2) is 69.0 Å². The molecule has 0 heterocycles. The van der Waals surface area contributed by atoms with E-state index in [9.17, 15) is 25.2 Å². The van der Waals surface area contributed by atoms with Gasteiger partial charge in [-0.3, -0.25) is 4.79 Å². The Morgan fingerprint density at radius 2 is 1.67 bits per heavy atom. The summed E-state index contributed by atoms with van der Waals surface area (Å²) in [6.07, 6.45) is 8.64. The Hall–Kier alpha value is -0.640. The van der Waals surface area contributed by atoms with Crippen molar-refractivity contribution in [3.63, 3.8) is 0 Å². The highest BCUT2D eigenvalue weighted by Crippen LogP contribution is 2.74.